The highest BCUT2D eigenvalue weighted by Gasteiger charge is 2.10. The third-order valence-corrected chi connectivity index (χ3v) is 3.95. The summed E-state index contributed by atoms with van der Waals surface area (Å²) in [6, 6.07) is 8.06. The van der Waals surface area contributed by atoms with Gasteiger partial charge in [-0.25, -0.2) is 4.39 Å². The van der Waals surface area contributed by atoms with Gasteiger partial charge in [0.1, 0.15) is 18.2 Å². The Kier molecular flexibility index (Phi) is 5.30. The first-order chi connectivity index (χ1) is 9.51. The minimum absolute atomic E-state index is 0.197. The van der Waals surface area contributed by atoms with Crippen molar-refractivity contribution in [1.82, 2.24) is 0 Å². The summed E-state index contributed by atoms with van der Waals surface area (Å²) in [5.41, 5.74) is 2.45. The Balaban J connectivity index is 2.25. The topological polar surface area (TPSA) is 9.23 Å². The minimum Gasteiger partial charge on any atom is -0.488 e. The molecule has 0 unspecified atom stereocenters. The molecule has 0 N–H and O–H groups in total. The molecule has 0 spiro atoms. The fourth-order valence-electron chi connectivity index (χ4n) is 1.91. The van der Waals surface area contributed by atoms with E-state index in [0.29, 0.717) is 22.2 Å². The molecule has 0 saturated carbocycles. The van der Waals surface area contributed by atoms with Crippen LogP contribution in [0, 0.1) is 12.7 Å². The van der Waals surface area contributed by atoms with Crippen molar-refractivity contribution in [3.05, 3.63) is 62.3 Å². The number of aryl methyl sites for hydroxylation is 1. The summed E-state index contributed by atoms with van der Waals surface area (Å²) < 4.78 is 19.9. The van der Waals surface area contributed by atoms with E-state index in [1.54, 1.807) is 0 Å². The fraction of sp³-hybridized carbons (Fsp3) is 0.200. The zero-order chi connectivity index (χ0) is 14.7. The first-order valence-electron chi connectivity index (χ1n) is 5.93. The number of benzene rings is 2. The van der Waals surface area contributed by atoms with E-state index in [1.807, 2.05) is 19.1 Å². The summed E-state index contributed by atoms with van der Waals surface area (Å²) >= 11 is 15.4. The van der Waals surface area contributed by atoms with Crippen molar-refractivity contribution in [2.75, 3.05) is 0 Å². The SMILES string of the molecule is Cc1cc(Br)cc(CCl)c1OCc1cc(F)ccc1Cl. The van der Waals surface area contributed by atoms with Gasteiger partial charge in [0.2, 0.25) is 0 Å². The van der Waals surface area contributed by atoms with E-state index in [9.17, 15) is 4.39 Å². The molecule has 0 bridgehead atoms. The maximum absolute atomic E-state index is 13.2. The van der Waals surface area contributed by atoms with Crippen molar-refractivity contribution in [3.8, 4) is 5.75 Å². The zero-order valence-electron chi connectivity index (χ0n) is 10.7. The van der Waals surface area contributed by atoms with Gasteiger partial charge in [0.25, 0.3) is 0 Å². The molecular formula is C15H12BrCl2FO. The maximum Gasteiger partial charge on any atom is 0.127 e. The van der Waals surface area contributed by atoms with Crippen LogP contribution in [0.1, 0.15) is 16.7 Å². The third-order valence-electron chi connectivity index (χ3n) is 2.84. The van der Waals surface area contributed by atoms with Gasteiger partial charge in [0.05, 0.1) is 5.88 Å². The van der Waals surface area contributed by atoms with Crippen LogP contribution in [0.4, 0.5) is 4.39 Å². The van der Waals surface area contributed by atoms with Crippen molar-refractivity contribution in [3.63, 3.8) is 0 Å². The first-order valence-corrected chi connectivity index (χ1v) is 7.63. The zero-order valence-corrected chi connectivity index (χ0v) is 13.8. The van der Waals surface area contributed by atoms with Crippen LogP contribution >= 0.6 is 39.1 Å². The second-order valence-electron chi connectivity index (χ2n) is 4.37. The second kappa shape index (κ2) is 6.79. The molecule has 0 amide bonds. The molecule has 2 aromatic carbocycles. The van der Waals surface area contributed by atoms with E-state index >= 15 is 0 Å². The smallest absolute Gasteiger partial charge is 0.127 e. The van der Waals surface area contributed by atoms with Crippen molar-refractivity contribution < 1.29 is 9.13 Å². The highest BCUT2D eigenvalue weighted by molar-refractivity contribution is 9.10. The Morgan fingerprint density at radius 2 is 1.95 bits per heavy atom. The monoisotopic (exact) mass is 376 g/mol. The van der Waals surface area contributed by atoms with E-state index in [-0.39, 0.29) is 12.4 Å². The first kappa shape index (κ1) is 15.6. The van der Waals surface area contributed by atoms with Crippen LogP contribution < -0.4 is 4.74 Å². The molecule has 106 valence electrons. The molecule has 0 aromatic heterocycles. The van der Waals surface area contributed by atoms with Crippen LogP contribution in [0.5, 0.6) is 5.75 Å². The Labute approximate surface area is 135 Å². The maximum atomic E-state index is 13.2. The predicted molar refractivity (Wildman–Crippen MR) is 84.2 cm³/mol. The van der Waals surface area contributed by atoms with Crippen LogP contribution in [0.25, 0.3) is 0 Å². The molecule has 0 radical (unpaired) electrons. The molecule has 5 heteroatoms. The average Bonchev–Trinajstić information content (AvgIpc) is 2.40. The molecule has 1 nitrogen and oxygen atoms in total. The molecule has 2 aromatic rings. The Morgan fingerprint density at radius 3 is 2.65 bits per heavy atom. The molecule has 20 heavy (non-hydrogen) atoms. The Bertz CT molecular complexity index is 632. The van der Waals surface area contributed by atoms with E-state index in [2.05, 4.69) is 15.9 Å². The van der Waals surface area contributed by atoms with Crippen LogP contribution in [-0.4, -0.2) is 0 Å². The van der Waals surface area contributed by atoms with E-state index in [1.165, 1.54) is 18.2 Å². The Hall–Kier alpha value is -0.770. The number of hydrogen-bond donors (Lipinski definition) is 0. The van der Waals surface area contributed by atoms with Gasteiger partial charge >= 0.3 is 0 Å². The van der Waals surface area contributed by atoms with Gasteiger partial charge in [-0.3, -0.25) is 0 Å². The molecule has 0 heterocycles. The summed E-state index contributed by atoms with van der Waals surface area (Å²) in [6.45, 7) is 2.13. The van der Waals surface area contributed by atoms with E-state index in [4.69, 9.17) is 27.9 Å². The highest BCUT2D eigenvalue weighted by atomic mass is 79.9. The van der Waals surface area contributed by atoms with Crippen molar-refractivity contribution in [1.29, 1.82) is 0 Å². The lowest BCUT2D eigenvalue weighted by molar-refractivity contribution is 0.301. The number of halogens is 4. The van der Waals surface area contributed by atoms with Gasteiger partial charge in [-0.15, -0.1) is 11.6 Å². The lowest BCUT2D eigenvalue weighted by Gasteiger charge is -2.14. The highest BCUT2D eigenvalue weighted by Crippen LogP contribution is 2.30. The third kappa shape index (κ3) is 3.66. The largest absolute Gasteiger partial charge is 0.488 e. The normalized spacial score (nSPS) is 10.7. The number of ether oxygens (including phenoxy) is 1. The summed E-state index contributed by atoms with van der Waals surface area (Å²) in [7, 11) is 0. The summed E-state index contributed by atoms with van der Waals surface area (Å²) in [5, 5.41) is 0.480. The molecule has 0 aliphatic heterocycles. The molecule has 2 rings (SSSR count). The summed E-state index contributed by atoms with van der Waals surface area (Å²) in [6.07, 6.45) is 0. The molecular weight excluding hydrogens is 366 g/mol. The Morgan fingerprint density at radius 1 is 1.20 bits per heavy atom. The van der Waals surface area contributed by atoms with Crippen LogP contribution in [0.3, 0.4) is 0 Å². The molecule has 0 aliphatic carbocycles. The lowest BCUT2D eigenvalue weighted by Crippen LogP contribution is -2.01. The number of alkyl halides is 1. The summed E-state index contributed by atoms with van der Waals surface area (Å²) in [4.78, 5) is 0. The lowest BCUT2D eigenvalue weighted by atomic mass is 10.1. The van der Waals surface area contributed by atoms with Gasteiger partial charge in [-0.05, 0) is 42.8 Å². The molecule has 0 atom stereocenters. The average molecular weight is 378 g/mol. The van der Waals surface area contributed by atoms with Crippen molar-refractivity contribution >= 4 is 39.1 Å². The van der Waals surface area contributed by atoms with Gasteiger partial charge in [0.15, 0.2) is 0 Å². The van der Waals surface area contributed by atoms with Gasteiger partial charge in [-0.1, -0.05) is 27.5 Å². The number of rotatable bonds is 4. The van der Waals surface area contributed by atoms with Crippen LogP contribution in [-0.2, 0) is 12.5 Å². The van der Waals surface area contributed by atoms with E-state index < -0.39 is 0 Å². The van der Waals surface area contributed by atoms with Crippen molar-refractivity contribution in [2.45, 2.75) is 19.4 Å². The van der Waals surface area contributed by atoms with Crippen molar-refractivity contribution in [2.24, 2.45) is 0 Å². The van der Waals surface area contributed by atoms with Gasteiger partial charge in [0, 0.05) is 20.6 Å². The van der Waals surface area contributed by atoms with Gasteiger partial charge < -0.3 is 4.74 Å². The minimum atomic E-state index is -0.335. The van der Waals surface area contributed by atoms with Crippen LogP contribution in [0.2, 0.25) is 5.02 Å². The molecule has 0 fully saturated rings. The molecule has 0 aliphatic rings. The predicted octanol–water partition coefficient (Wildman–Crippen LogP) is 5.87. The van der Waals surface area contributed by atoms with Gasteiger partial charge in [-0.2, -0.15) is 0 Å². The molecule has 0 saturated heterocycles. The van der Waals surface area contributed by atoms with Crippen LogP contribution in [0.15, 0.2) is 34.8 Å². The summed E-state index contributed by atoms with van der Waals surface area (Å²) in [5.74, 6) is 0.716. The fourth-order valence-corrected chi connectivity index (χ4v) is 2.90. The second-order valence-corrected chi connectivity index (χ2v) is 5.96. The standard InChI is InChI=1S/C15H12BrCl2FO/c1-9-4-12(16)5-10(7-17)15(9)20-8-11-6-13(19)2-3-14(11)18/h2-6H,7-8H2,1H3. The number of hydrogen-bond acceptors (Lipinski definition) is 1. The van der Waals surface area contributed by atoms with E-state index in [0.717, 1.165) is 15.6 Å². The quantitative estimate of drug-likeness (QED) is 0.605.